The lowest BCUT2D eigenvalue weighted by Crippen LogP contribution is -2.33. The Hall–Kier alpha value is -1.33. The quantitative estimate of drug-likeness (QED) is 0.794. The van der Waals surface area contributed by atoms with E-state index in [1.807, 2.05) is 30.3 Å². The zero-order valence-corrected chi connectivity index (χ0v) is 10.2. The summed E-state index contributed by atoms with van der Waals surface area (Å²) in [4.78, 5) is 0. The van der Waals surface area contributed by atoms with Crippen molar-refractivity contribution in [1.82, 2.24) is 5.32 Å². The highest BCUT2D eigenvalue weighted by Crippen LogP contribution is 2.09. The number of nitrogens with one attached hydrogen (secondary N) is 1. The topological polar surface area (TPSA) is 55.4 Å². The van der Waals surface area contributed by atoms with E-state index in [-0.39, 0.29) is 11.8 Å². The van der Waals surface area contributed by atoms with Crippen LogP contribution in [0.5, 0.6) is 5.75 Å². The molecule has 0 fully saturated rings. The van der Waals surface area contributed by atoms with Gasteiger partial charge in [-0.15, -0.1) is 0 Å². The molecule has 0 bridgehead atoms. The van der Waals surface area contributed by atoms with Crippen LogP contribution in [0.2, 0.25) is 0 Å². The minimum absolute atomic E-state index is 0.0839. The van der Waals surface area contributed by atoms with E-state index < -0.39 is 9.84 Å². The van der Waals surface area contributed by atoms with E-state index >= 15 is 0 Å². The van der Waals surface area contributed by atoms with Crippen molar-refractivity contribution in [2.45, 2.75) is 6.04 Å². The maximum atomic E-state index is 11.1. The normalized spacial score (nSPS) is 21.5. The van der Waals surface area contributed by atoms with Crippen molar-refractivity contribution < 1.29 is 13.2 Å². The van der Waals surface area contributed by atoms with Gasteiger partial charge in [-0.3, -0.25) is 0 Å². The third-order valence-corrected chi connectivity index (χ3v) is 3.85. The van der Waals surface area contributed by atoms with E-state index in [0.717, 1.165) is 5.75 Å². The van der Waals surface area contributed by atoms with E-state index in [4.69, 9.17) is 4.74 Å². The van der Waals surface area contributed by atoms with Crippen molar-refractivity contribution >= 4 is 9.84 Å². The molecule has 1 unspecified atom stereocenters. The second-order valence-electron chi connectivity index (χ2n) is 3.88. The number of rotatable bonds is 5. The fourth-order valence-electron chi connectivity index (χ4n) is 1.63. The molecular formula is C12H15NO3S. The molecule has 5 heteroatoms. The number of hydrogen-bond donors (Lipinski definition) is 1. The van der Waals surface area contributed by atoms with E-state index in [2.05, 4.69) is 5.32 Å². The molecule has 2 rings (SSSR count). The van der Waals surface area contributed by atoms with Crippen LogP contribution in [-0.4, -0.2) is 33.4 Å². The summed E-state index contributed by atoms with van der Waals surface area (Å²) in [6, 6.07) is 9.45. The maximum absolute atomic E-state index is 11.1. The van der Waals surface area contributed by atoms with Crippen LogP contribution in [0, 0.1) is 0 Å². The van der Waals surface area contributed by atoms with Gasteiger partial charge in [0.25, 0.3) is 0 Å². The van der Waals surface area contributed by atoms with Crippen LogP contribution in [0.1, 0.15) is 0 Å². The van der Waals surface area contributed by atoms with Gasteiger partial charge in [-0.1, -0.05) is 24.3 Å². The Balaban J connectivity index is 1.66. The third kappa shape index (κ3) is 3.87. The molecule has 0 saturated heterocycles. The van der Waals surface area contributed by atoms with Gasteiger partial charge in [0.15, 0.2) is 9.84 Å². The molecule has 4 nitrogen and oxygen atoms in total. The number of benzene rings is 1. The zero-order chi connectivity index (χ0) is 12.1. The first kappa shape index (κ1) is 12.1. The molecule has 0 saturated carbocycles. The van der Waals surface area contributed by atoms with Gasteiger partial charge in [-0.2, -0.15) is 0 Å². The van der Waals surface area contributed by atoms with Gasteiger partial charge in [-0.25, -0.2) is 8.42 Å². The molecule has 1 N–H and O–H groups in total. The molecule has 0 spiro atoms. The molecule has 92 valence electrons. The summed E-state index contributed by atoms with van der Waals surface area (Å²) in [7, 11) is -2.97. The first-order valence-corrected chi connectivity index (χ1v) is 7.19. The maximum Gasteiger partial charge on any atom is 0.173 e. The first-order chi connectivity index (χ1) is 8.16. The molecule has 0 radical (unpaired) electrons. The third-order valence-electron chi connectivity index (χ3n) is 2.45. The fourth-order valence-corrected chi connectivity index (χ4v) is 2.90. The van der Waals surface area contributed by atoms with Crippen molar-refractivity contribution in [3.05, 3.63) is 41.8 Å². The van der Waals surface area contributed by atoms with E-state index in [0.29, 0.717) is 13.2 Å². The van der Waals surface area contributed by atoms with Gasteiger partial charge in [-0.05, 0) is 12.1 Å². The lowest BCUT2D eigenvalue weighted by atomic mass is 10.3. The second-order valence-corrected chi connectivity index (χ2v) is 5.81. The minimum Gasteiger partial charge on any atom is -0.492 e. The highest BCUT2D eigenvalue weighted by atomic mass is 32.2. The Kier molecular flexibility index (Phi) is 3.81. The van der Waals surface area contributed by atoms with Gasteiger partial charge in [0, 0.05) is 18.0 Å². The number of hydrogen-bond acceptors (Lipinski definition) is 4. The molecule has 1 atom stereocenters. The van der Waals surface area contributed by atoms with Gasteiger partial charge in [0.1, 0.15) is 12.4 Å². The molecule has 0 aromatic heterocycles. The lowest BCUT2D eigenvalue weighted by Gasteiger charge is -2.10. The molecule has 1 heterocycles. The van der Waals surface area contributed by atoms with Gasteiger partial charge >= 0.3 is 0 Å². The van der Waals surface area contributed by atoms with Gasteiger partial charge < -0.3 is 10.1 Å². The zero-order valence-electron chi connectivity index (χ0n) is 9.37. The summed E-state index contributed by atoms with van der Waals surface area (Å²) in [6.45, 7) is 1.15. The van der Waals surface area contributed by atoms with Crippen LogP contribution in [0.25, 0.3) is 0 Å². The van der Waals surface area contributed by atoms with Crippen LogP contribution in [0.3, 0.4) is 0 Å². The standard InChI is InChI=1S/C12H15NO3S/c14-17(15)9-6-11(10-17)13-7-8-16-12-4-2-1-3-5-12/h1-6,9,11,13H,7-8,10H2. The Bertz CT molecular complexity index is 482. The number of para-hydroxylation sites is 1. The van der Waals surface area contributed by atoms with Crippen molar-refractivity contribution in [2.24, 2.45) is 0 Å². The van der Waals surface area contributed by atoms with Crippen molar-refractivity contribution in [3.8, 4) is 5.75 Å². The summed E-state index contributed by atoms with van der Waals surface area (Å²) in [5, 5.41) is 4.38. The molecule has 1 aliphatic heterocycles. The number of ether oxygens (including phenoxy) is 1. The predicted octanol–water partition coefficient (Wildman–Crippen LogP) is 0.966. The number of sulfone groups is 1. The summed E-state index contributed by atoms with van der Waals surface area (Å²) in [5.41, 5.74) is 0. The fraction of sp³-hybridized carbons (Fsp3) is 0.333. The monoisotopic (exact) mass is 253 g/mol. The summed E-state index contributed by atoms with van der Waals surface area (Å²) < 4.78 is 27.8. The summed E-state index contributed by atoms with van der Waals surface area (Å²) >= 11 is 0. The molecule has 1 aromatic rings. The van der Waals surface area contributed by atoms with Crippen LogP contribution in [-0.2, 0) is 9.84 Å². The van der Waals surface area contributed by atoms with Crippen LogP contribution in [0.15, 0.2) is 41.8 Å². The Morgan fingerprint density at radius 3 is 2.71 bits per heavy atom. The highest BCUT2D eigenvalue weighted by molar-refractivity contribution is 7.94. The average molecular weight is 253 g/mol. The second kappa shape index (κ2) is 5.33. The van der Waals surface area contributed by atoms with E-state index in [1.54, 1.807) is 6.08 Å². The molecular weight excluding hydrogens is 238 g/mol. The van der Waals surface area contributed by atoms with Crippen molar-refractivity contribution in [3.63, 3.8) is 0 Å². The van der Waals surface area contributed by atoms with Crippen LogP contribution in [0.4, 0.5) is 0 Å². The lowest BCUT2D eigenvalue weighted by molar-refractivity contribution is 0.311. The van der Waals surface area contributed by atoms with Crippen LogP contribution < -0.4 is 10.1 Å². The van der Waals surface area contributed by atoms with Crippen molar-refractivity contribution in [1.29, 1.82) is 0 Å². The predicted molar refractivity (Wildman–Crippen MR) is 66.7 cm³/mol. The molecule has 17 heavy (non-hydrogen) atoms. The first-order valence-electron chi connectivity index (χ1n) is 5.48. The Morgan fingerprint density at radius 1 is 1.29 bits per heavy atom. The smallest absolute Gasteiger partial charge is 0.173 e. The van der Waals surface area contributed by atoms with E-state index in [1.165, 1.54) is 5.41 Å². The minimum atomic E-state index is -2.97. The SMILES string of the molecule is O=S1(=O)C=CC(NCCOc2ccccc2)C1. The molecule has 1 aromatic carbocycles. The van der Waals surface area contributed by atoms with Crippen molar-refractivity contribution in [2.75, 3.05) is 18.9 Å². The molecule has 0 aliphatic carbocycles. The Morgan fingerprint density at radius 2 is 2.06 bits per heavy atom. The summed E-state index contributed by atoms with van der Waals surface area (Å²) in [5.74, 6) is 0.974. The van der Waals surface area contributed by atoms with E-state index in [9.17, 15) is 8.42 Å². The Labute approximate surface area is 101 Å². The molecule has 1 aliphatic rings. The highest BCUT2D eigenvalue weighted by Gasteiger charge is 2.20. The largest absolute Gasteiger partial charge is 0.492 e. The van der Waals surface area contributed by atoms with Gasteiger partial charge in [0.05, 0.1) is 5.75 Å². The summed E-state index contributed by atoms with van der Waals surface area (Å²) in [6.07, 6.45) is 1.68. The molecule has 0 amide bonds. The van der Waals surface area contributed by atoms with Gasteiger partial charge in [0.2, 0.25) is 0 Å². The average Bonchev–Trinajstić information content (AvgIpc) is 2.66. The van der Waals surface area contributed by atoms with Crippen LogP contribution >= 0.6 is 0 Å².